The van der Waals surface area contributed by atoms with Gasteiger partial charge < -0.3 is 10.6 Å². The van der Waals surface area contributed by atoms with Gasteiger partial charge in [-0.25, -0.2) is 9.38 Å². The molecule has 0 saturated carbocycles. The molecule has 3 rings (SSSR count). The quantitative estimate of drug-likeness (QED) is 0.852. The van der Waals surface area contributed by atoms with E-state index in [4.69, 9.17) is 11.6 Å². The van der Waals surface area contributed by atoms with Crippen molar-refractivity contribution in [2.24, 2.45) is 4.99 Å². The van der Waals surface area contributed by atoms with E-state index in [-0.39, 0.29) is 23.3 Å². The van der Waals surface area contributed by atoms with Crippen molar-refractivity contribution in [1.82, 2.24) is 5.32 Å². The molecule has 1 atom stereocenters. The molecule has 2 aromatic carbocycles. The summed E-state index contributed by atoms with van der Waals surface area (Å²) in [6.45, 7) is 0. The van der Waals surface area contributed by atoms with Crippen LogP contribution in [0.3, 0.4) is 0 Å². The molecule has 1 saturated heterocycles. The van der Waals surface area contributed by atoms with Crippen LogP contribution in [0.25, 0.3) is 0 Å². The predicted molar refractivity (Wildman–Crippen MR) is 97.7 cm³/mol. The van der Waals surface area contributed by atoms with E-state index >= 15 is 0 Å². The maximum absolute atomic E-state index is 13.2. The number of para-hydroxylation sites is 1. The molecule has 1 aliphatic rings. The second-order valence-corrected chi connectivity index (χ2v) is 6.83. The second kappa shape index (κ2) is 7.67. The van der Waals surface area contributed by atoms with Crippen LogP contribution in [0.15, 0.2) is 53.5 Å². The van der Waals surface area contributed by atoms with Crippen molar-refractivity contribution in [1.29, 1.82) is 0 Å². The zero-order chi connectivity index (χ0) is 17.8. The molecule has 0 spiro atoms. The number of nitrogens with zero attached hydrogens (tertiary/aromatic N) is 1. The number of rotatable bonds is 4. The fourth-order valence-corrected chi connectivity index (χ4v) is 3.33. The van der Waals surface area contributed by atoms with Gasteiger partial charge in [-0.2, -0.15) is 0 Å². The third-order valence-corrected chi connectivity index (χ3v) is 4.71. The van der Waals surface area contributed by atoms with Gasteiger partial charge in [-0.3, -0.25) is 9.59 Å². The first-order chi connectivity index (χ1) is 12.0. The number of hydrogen-bond acceptors (Lipinski definition) is 4. The number of thioether (sulfide) groups is 1. The summed E-state index contributed by atoms with van der Waals surface area (Å²) in [6, 6.07) is 13.0. The molecular weight excluding hydrogens is 365 g/mol. The standard InChI is InChI=1S/C17H13ClFN3O2S/c18-12-8-11(6-7-13(12)19)21-17-22-16(24)14(25-17)9-15(23)20-10-4-2-1-3-5-10/h1-8,14H,9H2,(H,20,23)(H,21,22,24)/t14-/m0/s1. The molecule has 2 N–H and O–H groups in total. The zero-order valence-electron chi connectivity index (χ0n) is 12.8. The van der Waals surface area contributed by atoms with E-state index < -0.39 is 11.1 Å². The summed E-state index contributed by atoms with van der Waals surface area (Å²) < 4.78 is 13.2. The molecule has 1 fully saturated rings. The first-order valence-corrected chi connectivity index (χ1v) is 8.63. The molecule has 0 unspecified atom stereocenters. The van der Waals surface area contributed by atoms with Gasteiger partial charge >= 0.3 is 0 Å². The molecule has 2 amide bonds. The van der Waals surface area contributed by atoms with Gasteiger partial charge in [-0.05, 0) is 30.3 Å². The Labute approximate surface area is 152 Å². The van der Waals surface area contributed by atoms with Gasteiger partial charge in [0, 0.05) is 12.1 Å². The topological polar surface area (TPSA) is 70.6 Å². The van der Waals surface area contributed by atoms with E-state index in [1.54, 1.807) is 12.1 Å². The molecular formula is C17H13ClFN3O2S. The highest BCUT2D eigenvalue weighted by Gasteiger charge is 2.32. The molecule has 0 radical (unpaired) electrons. The molecule has 0 aromatic heterocycles. The predicted octanol–water partition coefficient (Wildman–Crippen LogP) is 3.73. The number of anilines is 1. The van der Waals surface area contributed by atoms with E-state index in [0.717, 1.165) is 11.8 Å². The monoisotopic (exact) mass is 377 g/mol. The molecule has 2 aromatic rings. The molecule has 25 heavy (non-hydrogen) atoms. The van der Waals surface area contributed by atoms with Crippen LogP contribution in [0.4, 0.5) is 15.8 Å². The van der Waals surface area contributed by atoms with E-state index in [1.807, 2.05) is 18.2 Å². The van der Waals surface area contributed by atoms with Crippen molar-refractivity contribution in [3.05, 3.63) is 59.4 Å². The van der Waals surface area contributed by atoms with E-state index in [2.05, 4.69) is 15.6 Å². The van der Waals surface area contributed by atoms with Gasteiger partial charge in [0.15, 0.2) is 5.17 Å². The summed E-state index contributed by atoms with van der Waals surface area (Å²) in [5, 5.41) is 5.08. The van der Waals surface area contributed by atoms with Crippen molar-refractivity contribution in [2.75, 3.05) is 5.32 Å². The molecule has 0 bridgehead atoms. The van der Waals surface area contributed by atoms with Crippen LogP contribution in [0.2, 0.25) is 5.02 Å². The Balaban J connectivity index is 1.63. The van der Waals surface area contributed by atoms with Crippen LogP contribution in [-0.4, -0.2) is 22.2 Å². The van der Waals surface area contributed by atoms with Crippen molar-refractivity contribution in [2.45, 2.75) is 11.7 Å². The van der Waals surface area contributed by atoms with E-state index in [9.17, 15) is 14.0 Å². The highest BCUT2D eigenvalue weighted by atomic mass is 35.5. The maximum atomic E-state index is 13.2. The van der Waals surface area contributed by atoms with Crippen LogP contribution in [-0.2, 0) is 9.59 Å². The first kappa shape index (κ1) is 17.4. The third kappa shape index (κ3) is 4.58. The van der Waals surface area contributed by atoms with Crippen LogP contribution in [0.1, 0.15) is 6.42 Å². The van der Waals surface area contributed by atoms with Crippen molar-refractivity contribution in [3.8, 4) is 0 Å². The van der Waals surface area contributed by atoms with Crippen molar-refractivity contribution < 1.29 is 14.0 Å². The summed E-state index contributed by atoms with van der Waals surface area (Å²) in [7, 11) is 0. The number of carbonyl (C=O) groups excluding carboxylic acids is 2. The minimum Gasteiger partial charge on any atom is -0.326 e. The lowest BCUT2D eigenvalue weighted by Gasteiger charge is -2.07. The number of hydrogen-bond donors (Lipinski definition) is 2. The molecule has 0 aliphatic carbocycles. The Bertz CT molecular complexity index is 845. The number of halogens is 2. The average molecular weight is 378 g/mol. The molecule has 128 valence electrons. The Kier molecular flexibility index (Phi) is 5.35. The summed E-state index contributed by atoms with van der Waals surface area (Å²) in [5.41, 5.74) is 1.09. The fraction of sp³-hybridized carbons (Fsp3) is 0.118. The average Bonchev–Trinajstić information content (AvgIpc) is 2.91. The van der Waals surface area contributed by atoms with Gasteiger partial charge in [0.2, 0.25) is 11.8 Å². The second-order valence-electron chi connectivity index (χ2n) is 5.23. The zero-order valence-corrected chi connectivity index (χ0v) is 14.4. The van der Waals surface area contributed by atoms with Gasteiger partial charge in [0.05, 0.1) is 10.7 Å². The van der Waals surface area contributed by atoms with Crippen LogP contribution < -0.4 is 10.6 Å². The third-order valence-electron chi connectivity index (χ3n) is 3.34. The summed E-state index contributed by atoms with van der Waals surface area (Å²) >= 11 is 6.87. The van der Waals surface area contributed by atoms with Gasteiger partial charge in [0.25, 0.3) is 0 Å². The van der Waals surface area contributed by atoms with E-state index in [1.165, 1.54) is 18.2 Å². The fourth-order valence-electron chi connectivity index (χ4n) is 2.17. The van der Waals surface area contributed by atoms with Gasteiger partial charge in [-0.1, -0.05) is 41.6 Å². The van der Waals surface area contributed by atoms with Crippen LogP contribution in [0, 0.1) is 5.82 Å². The minimum absolute atomic E-state index is 0.0224. The lowest BCUT2D eigenvalue weighted by Crippen LogP contribution is -2.28. The van der Waals surface area contributed by atoms with Crippen molar-refractivity contribution >= 4 is 51.7 Å². The number of aliphatic imine (C=N–C) groups is 1. The Morgan fingerprint density at radius 2 is 2.04 bits per heavy atom. The largest absolute Gasteiger partial charge is 0.326 e. The lowest BCUT2D eigenvalue weighted by atomic mass is 10.2. The van der Waals surface area contributed by atoms with Crippen LogP contribution in [0.5, 0.6) is 0 Å². The minimum atomic E-state index is -0.571. The SMILES string of the molecule is O=C(C[C@@H]1SC(=Nc2ccc(F)c(Cl)c2)NC1=O)Nc1ccccc1. The summed E-state index contributed by atoms with van der Waals surface area (Å²) in [4.78, 5) is 28.3. The highest BCUT2D eigenvalue weighted by Crippen LogP contribution is 2.27. The van der Waals surface area contributed by atoms with Crippen molar-refractivity contribution in [3.63, 3.8) is 0 Å². The smallest absolute Gasteiger partial charge is 0.240 e. The first-order valence-electron chi connectivity index (χ1n) is 7.37. The highest BCUT2D eigenvalue weighted by molar-refractivity contribution is 8.15. The number of carbonyl (C=O) groups is 2. The molecule has 1 heterocycles. The Morgan fingerprint density at radius 3 is 2.76 bits per heavy atom. The Hall–Kier alpha value is -2.38. The van der Waals surface area contributed by atoms with Crippen LogP contribution >= 0.6 is 23.4 Å². The molecule has 5 nitrogen and oxygen atoms in total. The summed E-state index contributed by atoms with van der Waals surface area (Å²) in [5.74, 6) is -1.09. The van der Waals surface area contributed by atoms with E-state index in [0.29, 0.717) is 16.5 Å². The van der Waals surface area contributed by atoms with Gasteiger partial charge in [-0.15, -0.1) is 0 Å². The van der Waals surface area contributed by atoms with Gasteiger partial charge in [0.1, 0.15) is 11.1 Å². The number of amides is 2. The Morgan fingerprint density at radius 1 is 1.28 bits per heavy atom. The lowest BCUT2D eigenvalue weighted by molar-refractivity contribution is -0.122. The molecule has 1 aliphatic heterocycles. The number of benzene rings is 2. The number of nitrogens with one attached hydrogen (secondary N) is 2. The normalized spacial score (nSPS) is 18.2. The molecule has 8 heteroatoms. The maximum Gasteiger partial charge on any atom is 0.240 e. The number of amidine groups is 1. The summed E-state index contributed by atoms with van der Waals surface area (Å²) in [6.07, 6.45) is 0.0224.